The summed E-state index contributed by atoms with van der Waals surface area (Å²) in [6.45, 7) is 2.64. The second-order valence-electron chi connectivity index (χ2n) is 6.91. The Hall–Kier alpha value is -3.09. The Morgan fingerprint density at radius 3 is 2.82 bits per heavy atom. The van der Waals surface area contributed by atoms with Gasteiger partial charge in [-0.2, -0.15) is 0 Å². The van der Waals surface area contributed by atoms with Crippen molar-refractivity contribution in [1.29, 1.82) is 0 Å². The van der Waals surface area contributed by atoms with Gasteiger partial charge in [0.25, 0.3) is 5.91 Å². The molecule has 1 amide bonds. The second kappa shape index (κ2) is 7.50. The van der Waals surface area contributed by atoms with Crippen molar-refractivity contribution >= 4 is 17.4 Å². The number of carbonyl (C=O) groups is 2. The molecule has 1 atom stereocenters. The number of halogens is 1. The normalized spacial score (nSPS) is 17.6. The van der Waals surface area contributed by atoms with Gasteiger partial charge in [-0.15, -0.1) is 0 Å². The van der Waals surface area contributed by atoms with Crippen LogP contribution in [0.1, 0.15) is 41.6 Å². The average Bonchev–Trinajstić information content (AvgIpc) is 2.83. The fourth-order valence-electron chi connectivity index (χ4n) is 3.53. The minimum atomic E-state index is -0.419. The summed E-state index contributed by atoms with van der Waals surface area (Å²) >= 11 is 0. The van der Waals surface area contributed by atoms with E-state index >= 15 is 0 Å². The monoisotopic (exact) mass is 385 g/mol. The van der Waals surface area contributed by atoms with Crippen molar-refractivity contribution in [3.8, 4) is 17.2 Å². The Balaban J connectivity index is 1.43. The van der Waals surface area contributed by atoms with Gasteiger partial charge >= 0.3 is 0 Å². The number of hydrogen-bond acceptors (Lipinski definition) is 5. The Morgan fingerprint density at radius 2 is 2.00 bits per heavy atom. The molecule has 2 aromatic rings. The van der Waals surface area contributed by atoms with Gasteiger partial charge in [0.15, 0.2) is 23.9 Å². The van der Waals surface area contributed by atoms with E-state index in [1.807, 2.05) is 0 Å². The van der Waals surface area contributed by atoms with Crippen LogP contribution in [0.2, 0.25) is 0 Å². The maximum atomic E-state index is 14.0. The van der Waals surface area contributed by atoms with Crippen molar-refractivity contribution < 1.29 is 28.2 Å². The molecule has 1 unspecified atom stereocenters. The highest BCUT2D eigenvalue weighted by Gasteiger charge is 2.32. The molecular formula is C21H20FNO5. The summed E-state index contributed by atoms with van der Waals surface area (Å²) < 4.78 is 30.7. The molecule has 0 saturated heterocycles. The maximum Gasteiger partial charge on any atom is 0.262 e. The summed E-state index contributed by atoms with van der Waals surface area (Å²) in [5, 5.41) is 2.72. The quantitative estimate of drug-likeness (QED) is 0.869. The molecule has 0 fully saturated rings. The number of anilines is 1. The third-order valence-electron chi connectivity index (χ3n) is 4.81. The van der Waals surface area contributed by atoms with Crippen LogP contribution in [0.5, 0.6) is 17.2 Å². The standard InChI is InChI=1S/C21H20FNO5/c1-12-9-15(24)21-17(6-4-14(22)20(12)21)28-11-19(25)23-13-3-5-16-18(10-13)27-8-2-7-26-16/h3-6,10,12H,2,7-9,11H2,1H3,(H,23,25). The van der Waals surface area contributed by atoms with Crippen molar-refractivity contribution in [3.63, 3.8) is 0 Å². The zero-order valence-corrected chi connectivity index (χ0v) is 15.4. The zero-order valence-electron chi connectivity index (χ0n) is 15.4. The van der Waals surface area contributed by atoms with Crippen LogP contribution in [0.4, 0.5) is 10.1 Å². The lowest BCUT2D eigenvalue weighted by Crippen LogP contribution is -2.21. The molecule has 28 heavy (non-hydrogen) atoms. The molecule has 146 valence electrons. The van der Waals surface area contributed by atoms with E-state index in [9.17, 15) is 14.0 Å². The van der Waals surface area contributed by atoms with E-state index in [0.29, 0.717) is 36.0 Å². The molecule has 2 aliphatic rings. The smallest absolute Gasteiger partial charge is 0.262 e. The third kappa shape index (κ3) is 3.52. The SMILES string of the molecule is CC1CC(=O)c2c(OCC(=O)Nc3ccc4c(c3)OCCCO4)ccc(F)c21. The lowest BCUT2D eigenvalue weighted by atomic mass is 10.0. The van der Waals surface area contributed by atoms with E-state index in [0.717, 1.165) is 6.42 Å². The molecule has 7 heteroatoms. The lowest BCUT2D eigenvalue weighted by Gasteiger charge is -2.13. The number of carbonyl (C=O) groups excluding carboxylic acids is 2. The minimum absolute atomic E-state index is 0.166. The summed E-state index contributed by atoms with van der Waals surface area (Å²) in [6, 6.07) is 7.81. The van der Waals surface area contributed by atoms with Gasteiger partial charge in [-0.05, 0) is 30.2 Å². The van der Waals surface area contributed by atoms with Crippen LogP contribution in [-0.4, -0.2) is 31.5 Å². The highest BCUT2D eigenvalue weighted by molar-refractivity contribution is 6.04. The average molecular weight is 385 g/mol. The van der Waals surface area contributed by atoms with E-state index in [2.05, 4.69) is 5.32 Å². The Bertz CT molecular complexity index is 943. The topological polar surface area (TPSA) is 73.9 Å². The Morgan fingerprint density at radius 1 is 1.21 bits per heavy atom. The lowest BCUT2D eigenvalue weighted by molar-refractivity contribution is -0.118. The Kier molecular flexibility index (Phi) is 4.90. The predicted molar refractivity (Wildman–Crippen MR) is 99.9 cm³/mol. The Labute approximate surface area is 161 Å². The summed E-state index contributed by atoms with van der Waals surface area (Å²) in [5.41, 5.74) is 1.16. The van der Waals surface area contributed by atoms with Crippen LogP contribution in [0.25, 0.3) is 0 Å². The molecule has 0 spiro atoms. The summed E-state index contributed by atoms with van der Waals surface area (Å²) in [7, 11) is 0. The molecule has 0 saturated carbocycles. The number of hydrogen-bond donors (Lipinski definition) is 1. The van der Waals surface area contributed by atoms with Gasteiger partial charge in [-0.1, -0.05) is 6.92 Å². The van der Waals surface area contributed by atoms with Crippen LogP contribution in [0.15, 0.2) is 30.3 Å². The summed E-state index contributed by atoms with van der Waals surface area (Å²) in [5.74, 6) is 0.276. The first-order chi connectivity index (χ1) is 13.5. The number of ether oxygens (including phenoxy) is 3. The number of rotatable bonds is 4. The highest BCUT2D eigenvalue weighted by atomic mass is 19.1. The zero-order chi connectivity index (χ0) is 19.7. The van der Waals surface area contributed by atoms with E-state index in [4.69, 9.17) is 14.2 Å². The van der Waals surface area contributed by atoms with Crippen molar-refractivity contribution in [2.75, 3.05) is 25.1 Å². The number of amides is 1. The highest BCUT2D eigenvalue weighted by Crippen LogP contribution is 2.39. The molecule has 1 aliphatic heterocycles. The molecule has 0 aromatic heterocycles. The van der Waals surface area contributed by atoms with Crippen LogP contribution < -0.4 is 19.5 Å². The van der Waals surface area contributed by atoms with E-state index in [-0.39, 0.29) is 36.0 Å². The molecule has 2 aromatic carbocycles. The maximum absolute atomic E-state index is 14.0. The number of Topliss-reactive ketones (excluding diaryl/α,β-unsaturated/α-hetero) is 1. The van der Waals surface area contributed by atoms with Gasteiger partial charge < -0.3 is 19.5 Å². The van der Waals surface area contributed by atoms with E-state index < -0.39 is 11.7 Å². The molecule has 1 heterocycles. The van der Waals surface area contributed by atoms with Crippen LogP contribution >= 0.6 is 0 Å². The van der Waals surface area contributed by atoms with Crippen molar-refractivity contribution in [1.82, 2.24) is 0 Å². The van der Waals surface area contributed by atoms with Gasteiger partial charge in [0.05, 0.1) is 18.8 Å². The van der Waals surface area contributed by atoms with Gasteiger partial charge in [-0.25, -0.2) is 4.39 Å². The number of benzene rings is 2. The number of ketones is 1. The third-order valence-corrected chi connectivity index (χ3v) is 4.81. The second-order valence-corrected chi connectivity index (χ2v) is 6.91. The molecular weight excluding hydrogens is 365 g/mol. The van der Waals surface area contributed by atoms with E-state index in [1.165, 1.54) is 12.1 Å². The van der Waals surface area contributed by atoms with Gasteiger partial charge in [0, 0.05) is 30.2 Å². The van der Waals surface area contributed by atoms with Crippen LogP contribution in [-0.2, 0) is 4.79 Å². The fourth-order valence-corrected chi connectivity index (χ4v) is 3.53. The number of fused-ring (bicyclic) bond motifs is 2. The molecule has 0 bridgehead atoms. The van der Waals surface area contributed by atoms with Crippen LogP contribution in [0.3, 0.4) is 0 Å². The van der Waals surface area contributed by atoms with Gasteiger partial charge in [0.2, 0.25) is 0 Å². The van der Waals surface area contributed by atoms with Crippen molar-refractivity contribution in [2.24, 2.45) is 0 Å². The fraction of sp³-hybridized carbons (Fsp3) is 0.333. The molecule has 0 radical (unpaired) electrons. The minimum Gasteiger partial charge on any atom is -0.490 e. The predicted octanol–water partition coefficient (Wildman–Crippen LogP) is 3.69. The summed E-state index contributed by atoms with van der Waals surface area (Å²) in [6.07, 6.45) is 1.04. The van der Waals surface area contributed by atoms with Gasteiger partial charge in [-0.3, -0.25) is 9.59 Å². The molecule has 4 rings (SSSR count). The molecule has 1 aliphatic carbocycles. The molecule has 1 N–H and O–H groups in total. The number of nitrogens with one attached hydrogen (secondary N) is 1. The van der Waals surface area contributed by atoms with Crippen molar-refractivity contribution in [2.45, 2.75) is 25.7 Å². The molecule has 6 nitrogen and oxygen atoms in total. The van der Waals surface area contributed by atoms with Gasteiger partial charge in [0.1, 0.15) is 11.6 Å². The van der Waals surface area contributed by atoms with E-state index in [1.54, 1.807) is 25.1 Å². The first-order valence-corrected chi connectivity index (χ1v) is 9.21. The summed E-state index contributed by atoms with van der Waals surface area (Å²) in [4.78, 5) is 24.4. The van der Waals surface area contributed by atoms with Crippen molar-refractivity contribution in [3.05, 3.63) is 47.3 Å². The first-order valence-electron chi connectivity index (χ1n) is 9.21. The largest absolute Gasteiger partial charge is 0.490 e. The van der Waals surface area contributed by atoms with Crippen LogP contribution in [0, 0.1) is 5.82 Å². The first kappa shape index (κ1) is 18.3.